The molecule has 1 aromatic rings. The van der Waals surface area contributed by atoms with E-state index in [4.69, 9.17) is 0 Å². The molecule has 19 heavy (non-hydrogen) atoms. The zero-order valence-electron chi connectivity index (χ0n) is 13.2. The molecule has 0 aliphatic carbocycles. The molecule has 4 heteroatoms. The summed E-state index contributed by atoms with van der Waals surface area (Å²) in [5.74, 6) is 1.14. The third-order valence-corrected chi connectivity index (χ3v) is 3.01. The van der Waals surface area contributed by atoms with Crippen molar-refractivity contribution in [2.45, 2.75) is 52.9 Å². The van der Waals surface area contributed by atoms with Gasteiger partial charge in [0.05, 0.1) is 5.69 Å². The van der Waals surface area contributed by atoms with Crippen LogP contribution in [0.5, 0.6) is 0 Å². The molecule has 0 saturated heterocycles. The largest absolute Gasteiger partial charge is 0.353 e. The number of anilines is 1. The molecule has 1 rings (SSSR count). The zero-order valence-corrected chi connectivity index (χ0v) is 13.2. The molecule has 0 spiro atoms. The van der Waals surface area contributed by atoms with Crippen molar-refractivity contribution >= 4 is 5.95 Å². The molecule has 0 aliphatic rings. The minimum atomic E-state index is 0.0852. The van der Waals surface area contributed by atoms with Gasteiger partial charge in [-0.1, -0.05) is 41.5 Å². The third-order valence-electron chi connectivity index (χ3n) is 3.01. The van der Waals surface area contributed by atoms with Crippen molar-refractivity contribution in [3.63, 3.8) is 0 Å². The highest BCUT2D eigenvalue weighted by Crippen LogP contribution is 2.29. The predicted molar refractivity (Wildman–Crippen MR) is 81.9 cm³/mol. The van der Waals surface area contributed by atoms with E-state index in [0.717, 1.165) is 31.3 Å². The molecule has 0 fully saturated rings. The molecule has 0 bridgehead atoms. The van der Waals surface area contributed by atoms with E-state index in [1.807, 2.05) is 6.20 Å². The van der Waals surface area contributed by atoms with Gasteiger partial charge in [0.1, 0.15) is 0 Å². The average molecular weight is 264 g/mol. The van der Waals surface area contributed by atoms with Crippen LogP contribution in [0.25, 0.3) is 0 Å². The Bertz CT molecular complexity index is 394. The normalized spacial score (nSPS) is 11.9. The van der Waals surface area contributed by atoms with Crippen LogP contribution in [0, 0.1) is 0 Å². The number of nitrogens with zero attached hydrogens (tertiary/aromatic N) is 2. The number of likely N-dealkylation sites (N-methyl/N-ethyl adjacent to an activating group) is 1. The molecular formula is C15H28N4. The van der Waals surface area contributed by atoms with E-state index in [2.05, 4.69) is 62.1 Å². The molecule has 0 saturated carbocycles. The second-order valence-corrected chi connectivity index (χ2v) is 6.18. The van der Waals surface area contributed by atoms with Crippen molar-refractivity contribution in [3.8, 4) is 0 Å². The smallest absolute Gasteiger partial charge is 0.222 e. The lowest BCUT2D eigenvalue weighted by molar-refractivity contribution is 0.566. The van der Waals surface area contributed by atoms with E-state index in [9.17, 15) is 0 Å². The van der Waals surface area contributed by atoms with Gasteiger partial charge in [-0.2, -0.15) is 0 Å². The van der Waals surface area contributed by atoms with E-state index in [1.54, 1.807) is 0 Å². The zero-order chi connectivity index (χ0) is 14.5. The van der Waals surface area contributed by atoms with Crippen molar-refractivity contribution in [1.82, 2.24) is 15.3 Å². The fraction of sp³-hybridized carbons (Fsp3) is 0.733. The van der Waals surface area contributed by atoms with Gasteiger partial charge in [0.15, 0.2) is 0 Å². The Morgan fingerprint density at radius 2 is 1.89 bits per heavy atom. The number of nitrogens with one attached hydrogen (secondary N) is 2. The first-order valence-electron chi connectivity index (χ1n) is 7.18. The van der Waals surface area contributed by atoms with Gasteiger partial charge < -0.3 is 10.6 Å². The molecule has 1 heterocycles. The lowest BCUT2D eigenvalue weighted by Crippen LogP contribution is -2.23. The highest BCUT2D eigenvalue weighted by atomic mass is 15.1. The molecule has 4 nitrogen and oxygen atoms in total. The highest BCUT2D eigenvalue weighted by Gasteiger charge is 2.21. The van der Waals surface area contributed by atoms with Crippen LogP contribution in [0.1, 0.15) is 58.7 Å². The summed E-state index contributed by atoms with van der Waals surface area (Å²) in [6.07, 6.45) is 1.97. The number of hydrogen-bond acceptors (Lipinski definition) is 4. The molecule has 1 aromatic heterocycles. The summed E-state index contributed by atoms with van der Waals surface area (Å²) >= 11 is 0. The van der Waals surface area contributed by atoms with E-state index in [-0.39, 0.29) is 5.41 Å². The van der Waals surface area contributed by atoms with Crippen molar-refractivity contribution in [1.29, 1.82) is 0 Å². The van der Waals surface area contributed by atoms with Gasteiger partial charge in [0, 0.05) is 19.3 Å². The van der Waals surface area contributed by atoms with Crippen LogP contribution < -0.4 is 10.6 Å². The average Bonchev–Trinajstić information content (AvgIpc) is 2.33. The molecule has 0 unspecified atom stereocenters. The lowest BCUT2D eigenvalue weighted by atomic mass is 9.84. The number of rotatable bonds is 6. The van der Waals surface area contributed by atoms with E-state index in [0.29, 0.717) is 5.92 Å². The maximum absolute atomic E-state index is 4.69. The Kier molecular flexibility index (Phi) is 5.73. The quantitative estimate of drug-likeness (QED) is 0.776. The van der Waals surface area contributed by atoms with E-state index < -0.39 is 0 Å². The standard InChI is InChI=1S/C15H28N4/c1-7-16-8-9-17-14-18-10-12(15(4,5)6)13(19-14)11(2)3/h10-11,16H,7-9H2,1-6H3,(H,17,18,19). The first-order chi connectivity index (χ1) is 8.86. The Morgan fingerprint density at radius 3 is 2.42 bits per heavy atom. The first kappa shape index (κ1) is 15.9. The van der Waals surface area contributed by atoms with Gasteiger partial charge in [-0.25, -0.2) is 9.97 Å². The van der Waals surface area contributed by atoms with Gasteiger partial charge in [-0.05, 0) is 23.4 Å². The van der Waals surface area contributed by atoms with Crippen LogP contribution >= 0.6 is 0 Å². The van der Waals surface area contributed by atoms with E-state index in [1.165, 1.54) is 5.56 Å². The van der Waals surface area contributed by atoms with Crippen molar-refractivity contribution in [3.05, 3.63) is 17.5 Å². The minimum Gasteiger partial charge on any atom is -0.353 e. The van der Waals surface area contributed by atoms with Gasteiger partial charge in [-0.3, -0.25) is 0 Å². The molecule has 0 amide bonds. The van der Waals surface area contributed by atoms with Crippen molar-refractivity contribution < 1.29 is 0 Å². The molecule has 0 radical (unpaired) electrons. The van der Waals surface area contributed by atoms with Gasteiger partial charge >= 0.3 is 0 Å². The highest BCUT2D eigenvalue weighted by molar-refractivity contribution is 5.34. The molecule has 0 atom stereocenters. The van der Waals surface area contributed by atoms with Gasteiger partial charge in [-0.15, -0.1) is 0 Å². The van der Waals surface area contributed by atoms with Crippen LogP contribution in [-0.2, 0) is 5.41 Å². The molecule has 0 aliphatic heterocycles. The van der Waals surface area contributed by atoms with E-state index >= 15 is 0 Å². The van der Waals surface area contributed by atoms with Gasteiger partial charge in [0.25, 0.3) is 0 Å². The molecule has 108 valence electrons. The van der Waals surface area contributed by atoms with Crippen molar-refractivity contribution in [2.75, 3.05) is 25.0 Å². The summed E-state index contributed by atoms with van der Waals surface area (Å²) < 4.78 is 0. The Balaban J connectivity index is 2.85. The fourth-order valence-electron chi connectivity index (χ4n) is 1.94. The van der Waals surface area contributed by atoms with Crippen LogP contribution in [0.2, 0.25) is 0 Å². The van der Waals surface area contributed by atoms with Crippen molar-refractivity contribution in [2.24, 2.45) is 0 Å². The summed E-state index contributed by atoms with van der Waals surface area (Å²) in [7, 11) is 0. The lowest BCUT2D eigenvalue weighted by Gasteiger charge is -2.23. The Hall–Kier alpha value is -1.16. The monoisotopic (exact) mass is 264 g/mol. The fourth-order valence-corrected chi connectivity index (χ4v) is 1.94. The number of aromatic nitrogens is 2. The SMILES string of the molecule is CCNCCNc1ncc(C(C)(C)C)c(C(C)C)n1. The maximum atomic E-state index is 4.69. The Labute approximate surface area is 117 Å². The number of hydrogen-bond donors (Lipinski definition) is 2. The summed E-state index contributed by atoms with van der Waals surface area (Å²) in [5.41, 5.74) is 2.47. The predicted octanol–water partition coefficient (Wildman–Crippen LogP) is 2.92. The topological polar surface area (TPSA) is 49.8 Å². The summed E-state index contributed by atoms with van der Waals surface area (Å²) in [6.45, 7) is 15.8. The van der Waals surface area contributed by atoms with Gasteiger partial charge in [0.2, 0.25) is 5.95 Å². The second-order valence-electron chi connectivity index (χ2n) is 6.18. The molecule has 2 N–H and O–H groups in total. The first-order valence-corrected chi connectivity index (χ1v) is 7.18. The van der Waals surface area contributed by atoms with Crippen LogP contribution in [0.15, 0.2) is 6.20 Å². The Morgan fingerprint density at radius 1 is 1.21 bits per heavy atom. The van der Waals surface area contributed by atoms with Crippen LogP contribution in [-0.4, -0.2) is 29.6 Å². The summed E-state index contributed by atoms with van der Waals surface area (Å²) in [6, 6.07) is 0. The molecule has 0 aromatic carbocycles. The summed E-state index contributed by atoms with van der Waals surface area (Å²) in [5, 5.41) is 6.54. The minimum absolute atomic E-state index is 0.0852. The van der Waals surface area contributed by atoms with Crippen LogP contribution in [0.3, 0.4) is 0 Å². The second kappa shape index (κ2) is 6.85. The maximum Gasteiger partial charge on any atom is 0.222 e. The third kappa shape index (κ3) is 4.78. The molecular weight excluding hydrogens is 236 g/mol. The summed E-state index contributed by atoms with van der Waals surface area (Å²) in [4.78, 5) is 9.12. The van der Waals surface area contributed by atoms with Crippen LogP contribution in [0.4, 0.5) is 5.95 Å².